The Bertz CT molecular complexity index is 418. The maximum atomic E-state index is 10.8. The van der Waals surface area contributed by atoms with Crippen LogP contribution in [0.15, 0.2) is 24.3 Å². The van der Waals surface area contributed by atoms with Crippen LogP contribution in [0.3, 0.4) is 0 Å². The van der Waals surface area contributed by atoms with Crippen molar-refractivity contribution in [3.63, 3.8) is 0 Å². The summed E-state index contributed by atoms with van der Waals surface area (Å²) in [7, 11) is 1.34. The van der Waals surface area contributed by atoms with Gasteiger partial charge in [-0.1, -0.05) is 23.8 Å². The minimum Gasteiger partial charge on any atom is -0.507 e. The van der Waals surface area contributed by atoms with E-state index in [0.29, 0.717) is 17.1 Å². The highest BCUT2D eigenvalue weighted by atomic mass is 35.5. The molecule has 0 saturated carbocycles. The van der Waals surface area contributed by atoms with Gasteiger partial charge in [-0.2, -0.15) is 0 Å². The second-order valence-corrected chi connectivity index (χ2v) is 3.75. The van der Waals surface area contributed by atoms with Gasteiger partial charge < -0.3 is 15.2 Å². The molecule has 0 atom stereocenters. The molecule has 1 aromatic rings. The lowest BCUT2D eigenvalue weighted by Gasteiger charge is -2.01. The van der Waals surface area contributed by atoms with E-state index in [0.717, 1.165) is 0 Å². The molecule has 0 aromatic heterocycles. The van der Waals surface area contributed by atoms with E-state index in [1.54, 1.807) is 24.3 Å². The Labute approximate surface area is 105 Å². The third kappa shape index (κ3) is 4.89. The second-order valence-electron chi connectivity index (χ2n) is 3.31. The number of benzene rings is 1. The number of nitrogens with one attached hydrogen (secondary N) is 1. The summed E-state index contributed by atoms with van der Waals surface area (Å²) in [6, 6.07) is 4.81. The van der Waals surface area contributed by atoms with Gasteiger partial charge in [0.2, 0.25) is 0 Å². The molecule has 0 unspecified atom stereocenters. The lowest BCUT2D eigenvalue weighted by molar-refractivity contribution is -0.139. The molecule has 1 rings (SSSR count). The van der Waals surface area contributed by atoms with Crippen LogP contribution in [0.1, 0.15) is 5.56 Å². The predicted octanol–water partition coefficient (Wildman–Crippen LogP) is 1.82. The molecule has 0 aliphatic heterocycles. The zero-order valence-electron chi connectivity index (χ0n) is 9.44. The third-order valence-corrected chi connectivity index (χ3v) is 2.28. The van der Waals surface area contributed by atoms with Crippen LogP contribution in [0.4, 0.5) is 0 Å². The van der Waals surface area contributed by atoms with Gasteiger partial charge in [-0.15, -0.1) is 0 Å². The van der Waals surface area contributed by atoms with E-state index in [-0.39, 0.29) is 18.3 Å². The summed E-state index contributed by atoms with van der Waals surface area (Å²) in [6.07, 6.45) is 3.51. The van der Waals surface area contributed by atoms with Gasteiger partial charge in [0.05, 0.1) is 13.7 Å². The van der Waals surface area contributed by atoms with E-state index in [1.807, 2.05) is 0 Å². The highest BCUT2D eigenvalue weighted by molar-refractivity contribution is 6.30. The summed E-state index contributed by atoms with van der Waals surface area (Å²) < 4.78 is 4.47. The Morgan fingerprint density at radius 1 is 1.59 bits per heavy atom. The van der Waals surface area contributed by atoms with Crippen molar-refractivity contribution in [1.29, 1.82) is 0 Å². The highest BCUT2D eigenvalue weighted by Crippen LogP contribution is 2.22. The molecule has 5 heteroatoms. The molecule has 1 aromatic carbocycles. The second kappa shape index (κ2) is 6.93. The summed E-state index contributed by atoms with van der Waals surface area (Å²) in [5, 5.41) is 12.9. The van der Waals surface area contributed by atoms with E-state index in [2.05, 4.69) is 10.1 Å². The minimum absolute atomic E-state index is 0.155. The van der Waals surface area contributed by atoms with Crippen LogP contribution in [0, 0.1) is 0 Å². The molecule has 0 saturated heterocycles. The Morgan fingerprint density at radius 3 is 3.06 bits per heavy atom. The van der Waals surface area contributed by atoms with Crippen LogP contribution in [-0.4, -0.2) is 31.3 Å². The predicted molar refractivity (Wildman–Crippen MR) is 67.0 cm³/mol. The normalized spacial score (nSPS) is 10.7. The van der Waals surface area contributed by atoms with E-state index >= 15 is 0 Å². The van der Waals surface area contributed by atoms with Crippen LogP contribution in [0.5, 0.6) is 5.75 Å². The van der Waals surface area contributed by atoms with Gasteiger partial charge >= 0.3 is 5.97 Å². The molecule has 17 heavy (non-hydrogen) atoms. The summed E-state index contributed by atoms with van der Waals surface area (Å²) in [4.78, 5) is 10.8. The maximum absolute atomic E-state index is 10.8. The molecule has 0 bridgehead atoms. The van der Waals surface area contributed by atoms with E-state index in [1.165, 1.54) is 13.2 Å². The van der Waals surface area contributed by atoms with Gasteiger partial charge in [-0.05, 0) is 18.2 Å². The van der Waals surface area contributed by atoms with Crippen molar-refractivity contribution in [3.8, 4) is 5.75 Å². The van der Waals surface area contributed by atoms with E-state index in [4.69, 9.17) is 11.6 Å². The average Bonchev–Trinajstić information content (AvgIpc) is 2.32. The number of methoxy groups -OCH3 is 1. The van der Waals surface area contributed by atoms with Gasteiger partial charge in [0.25, 0.3) is 0 Å². The number of halogens is 1. The number of ether oxygens (including phenoxy) is 1. The summed E-state index contributed by atoms with van der Waals surface area (Å²) >= 11 is 5.80. The van der Waals surface area contributed by atoms with Crippen LogP contribution < -0.4 is 5.32 Å². The quantitative estimate of drug-likeness (QED) is 0.623. The number of rotatable bonds is 5. The molecule has 0 amide bonds. The first-order chi connectivity index (χ1) is 8.13. The van der Waals surface area contributed by atoms with Gasteiger partial charge in [-0.3, -0.25) is 4.79 Å². The summed E-state index contributed by atoms with van der Waals surface area (Å²) in [5.74, 6) is -0.150. The maximum Gasteiger partial charge on any atom is 0.319 e. The molecule has 0 fully saturated rings. The minimum atomic E-state index is -0.316. The number of esters is 1. The third-order valence-electron chi connectivity index (χ3n) is 2.05. The van der Waals surface area contributed by atoms with Crippen molar-refractivity contribution >= 4 is 23.6 Å². The zero-order chi connectivity index (χ0) is 12.7. The smallest absolute Gasteiger partial charge is 0.319 e. The lowest BCUT2D eigenvalue weighted by atomic mass is 10.2. The van der Waals surface area contributed by atoms with E-state index < -0.39 is 0 Å². The molecule has 0 radical (unpaired) electrons. The zero-order valence-corrected chi connectivity index (χ0v) is 10.2. The van der Waals surface area contributed by atoms with Crippen molar-refractivity contribution in [1.82, 2.24) is 5.32 Å². The molecular weight excluding hydrogens is 242 g/mol. The van der Waals surface area contributed by atoms with Crippen molar-refractivity contribution < 1.29 is 14.6 Å². The number of carbonyl (C=O) groups is 1. The molecule has 0 heterocycles. The average molecular weight is 256 g/mol. The summed E-state index contributed by atoms with van der Waals surface area (Å²) in [6.45, 7) is 0.656. The van der Waals surface area contributed by atoms with Crippen molar-refractivity contribution in [2.45, 2.75) is 0 Å². The van der Waals surface area contributed by atoms with Crippen molar-refractivity contribution in [2.24, 2.45) is 0 Å². The largest absolute Gasteiger partial charge is 0.507 e. The molecular formula is C12H14ClNO3. The molecule has 0 aliphatic rings. The summed E-state index contributed by atoms with van der Waals surface area (Å²) in [5.41, 5.74) is 0.636. The van der Waals surface area contributed by atoms with E-state index in [9.17, 15) is 9.90 Å². The van der Waals surface area contributed by atoms with Gasteiger partial charge in [-0.25, -0.2) is 0 Å². The molecule has 92 valence electrons. The van der Waals surface area contributed by atoms with Crippen molar-refractivity contribution in [3.05, 3.63) is 34.9 Å². The molecule has 0 spiro atoms. The number of carbonyl (C=O) groups excluding carboxylic acids is 1. The van der Waals surface area contributed by atoms with Gasteiger partial charge in [0.1, 0.15) is 5.75 Å². The fraction of sp³-hybridized carbons (Fsp3) is 0.250. The van der Waals surface area contributed by atoms with Crippen LogP contribution in [0.2, 0.25) is 5.02 Å². The fourth-order valence-electron chi connectivity index (χ4n) is 1.17. The Kier molecular flexibility index (Phi) is 5.52. The fourth-order valence-corrected chi connectivity index (χ4v) is 1.36. The van der Waals surface area contributed by atoms with Gasteiger partial charge in [0.15, 0.2) is 0 Å². The molecule has 4 nitrogen and oxygen atoms in total. The molecule has 2 N–H and O–H groups in total. The van der Waals surface area contributed by atoms with Gasteiger partial charge in [0, 0.05) is 17.1 Å². The van der Waals surface area contributed by atoms with Crippen molar-refractivity contribution in [2.75, 3.05) is 20.2 Å². The Morgan fingerprint density at radius 2 is 2.35 bits per heavy atom. The Balaban J connectivity index is 2.43. The van der Waals surface area contributed by atoms with Crippen LogP contribution in [-0.2, 0) is 9.53 Å². The first kappa shape index (κ1) is 13.5. The van der Waals surface area contributed by atoms with Crippen LogP contribution >= 0.6 is 11.6 Å². The SMILES string of the molecule is COC(=O)CNCC=Cc1cc(Cl)ccc1O. The topological polar surface area (TPSA) is 58.6 Å². The standard InChI is InChI=1S/C12H14ClNO3/c1-17-12(16)8-14-6-2-3-9-7-10(13)4-5-11(9)15/h2-5,7,14-15H,6,8H2,1H3. The highest BCUT2D eigenvalue weighted by Gasteiger charge is 1.98. The number of phenolic OH excluding ortho intramolecular Hbond substituents is 1. The molecule has 0 aliphatic carbocycles. The monoisotopic (exact) mass is 255 g/mol. The number of hydrogen-bond acceptors (Lipinski definition) is 4. The van der Waals surface area contributed by atoms with Crippen LogP contribution in [0.25, 0.3) is 6.08 Å². The first-order valence-corrected chi connectivity index (χ1v) is 5.44. The number of aromatic hydroxyl groups is 1. The lowest BCUT2D eigenvalue weighted by Crippen LogP contribution is -2.23. The Hall–Kier alpha value is -1.52. The number of phenols is 1. The number of hydrogen-bond donors (Lipinski definition) is 2. The first-order valence-electron chi connectivity index (χ1n) is 5.06.